The van der Waals surface area contributed by atoms with Crippen LogP contribution < -0.4 is 9.47 Å². The van der Waals surface area contributed by atoms with Gasteiger partial charge >= 0.3 is 0 Å². The maximum atomic E-state index is 6.21. The molecule has 26 heavy (non-hydrogen) atoms. The summed E-state index contributed by atoms with van der Waals surface area (Å²) < 4.78 is 12.4. The maximum absolute atomic E-state index is 6.21. The van der Waals surface area contributed by atoms with Crippen LogP contribution in [0.2, 0.25) is 5.02 Å². The Hall–Kier alpha value is -1.30. The Balaban J connectivity index is 1.80. The molecule has 0 saturated carbocycles. The smallest absolute Gasteiger partial charge is 0.175 e. The third-order valence-corrected chi connectivity index (χ3v) is 5.90. The van der Waals surface area contributed by atoms with Crippen molar-refractivity contribution in [1.82, 2.24) is 4.90 Å². The summed E-state index contributed by atoms with van der Waals surface area (Å²) in [5.74, 6) is 1.30. The van der Waals surface area contributed by atoms with Gasteiger partial charge in [-0.05, 0) is 53.4 Å². The number of hydrogen-bond donors (Lipinski definition) is 0. The second-order valence-electron chi connectivity index (χ2n) is 6.22. The van der Waals surface area contributed by atoms with Crippen LogP contribution in [0.25, 0.3) is 0 Å². The summed E-state index contributed by atoms with van der Waals surface area (Å²) in [6, 6.07) is 11.6. The van der Waals surface area contributed by atoms with Gasteiger partial charge in [-0.25, -0.2) is 0 Å². The second kappa shape index (κ2) is 9.07. The zero-order valence-corrected chi connectivity index (χ0v) is 17.8. The molecule has 1 fully saturated rings. The summed E-state index contributed by atoms with van der Waals surface area (Å²) in [6.07, 6.45) is 3.66. The van der Waals surface area contributed by atoms with Crippen LogP contribution in [0.4, 0.5) is 0 Å². The highest BCUT2D eigenvalue weighted by atomic mass is 79.9. The lowest BCUT2D eigenvalue weighted by molar-refractivity contribution is 0.282. The summed E-state index contributed by atoms with van der Waals surface area (Å²) in [5, 5.41) is 0.686. The molecular formula is C20H21BrClNO2S. The molecule has 3 rings (SSSR count). The van der Waals surface area contributed by atoms with E-state index in [9.17, 15) is 0 Å². The summed E-state index contributed by atoms with van der Waals surface area (Å²) >= 11 is 15.5. The number of likely N-dealkylation sites (tertiary alicyclic amines) is 1. The van der Waals surface area contributed by atoms with Gasteiger partial charge < -0.3 is 14.4 Å². The molecule has 2 aromatic rings. The molecule has 0 amide bonds. The van der Waals surface area contributed by atoms with E-state index in [1.165, 1.54) is 19.3 Å². The number of halogens is 2. The highest BCUT2D eigenvalue weighted by Crippen LogP contribution is 2.38. The fourth-order valence-electron chi connectivity index (χ4n) is 3.03. The minimum atomic E-state index is 0.366. The molecule has 0 unspecified atom stereocenters. The highest BCUT2D eigenvalue weighted by molar-refractivity contribution is 9.10. The number of piperidine rings is 1. The maximum Gasteiger partial charge on any atom is 0.175 e. The Kier molecular flexibility index (Phi) is 6.79. The molecule has 0 spiro atoms. The Labute approximate surface area is 173 Å². The van der Waals surface area contributed by atoms with Crippen LogP contribution in [0.1, 0.15) is 30.4 Å². The second-order valence-corrected chi connectivity index (χ2v) is 7.87. The summed E-state index contributed by atoms with van der Waals surface area (Å²) in [7, 11) is 1.64. The first kappa shape index (κ1) is 19.5. The fraction of sp³-hybridized carbons (Fsp3) is 0.350. The van der Waals surface area contributed by atoms with Crippen molar-refractivity contribution in [2.24, 2.45) is 0 Å². The van der Waals surface area contributed by atoms with Gasteiger partial charge in [0.15, 0.2) is 11.5 Å². The van der Waals surface area contributed by atoms with Crippen molar-refractivity contribution >= 4 is 44.7 Å². The van der Waals surface area contributed by atoms with Gasteiger partial charge in [-0.2, -0.15) is 0 Å². The van der Waals surface area contributed by atoms with Crippen LogP contribution in [0.5, 0.6) is 11.5 Å². The first-order valence-electron chi connectivity index (χ1n) is 8.63. The molecule has 0 N–H and O–H groups in total. The molecule has 138 valence electrons. The molecule has 1 aliphatic heterocycles. The Bertz CT molecular complexity index is 793. The molecule has 0 aromatic heterocycles. The molecule has 1 aliphatic rings. The van der Waals surface area contributed by atoms with Crippen LogP contribution in [0.15, 0.2) is 40.9 Å². The average molecular weight is 455 g/mol. The molecular weight excluding hydrogens is 434 g/mol. The van der Waals surface area contributed by atoms with Crippen LogP contribution in [-0.4, -0.2) is 30.1 Å². The monoisotopic (exact) mass is 453 g/mol. The quantitative estimate of drug-likeness (QED) is 0.528. The number of hydrogen-bond acceptors (Lipinski definition) is 3. The average Bonchev–Trinajstić information content (AvgIpc) is 2.67. The standard InChI is InChI=1S/C20H21BrClNO2S/c1-24-18-12-15(20(26)23-9-5-2-6-10-23)11-16(21)19(18)25-13-14-7-3-4-8-17(14)22/h3-4,7-8,11-12H,2,5-6,9-10,13H2,1H3. The van der Waals surface area contributed by atoms with E-state index in [-0.39, 0.29) is 0 Å². The zero-order chi connectivity index (χ0) is 18.5. The van der Waals surface area contributed by atoms with Gasteiger partial charge in [0.1, 0.15) is 11.6 Å². The van der Waals surface area contributed by atoms with Crippen LogP contribution in [0, 0.1) is 0 Å². The lowest BCUT2D eigenvalue weighted by Crippen LogP contribution is -2.34. The van der Waals surface area contributed by atoms with Gasteiger partial charge in [-0.1, -0.05) is 42.0 Å². The van der Waals surface area contributed by atoms with E-state index in [0.717, 1.165) is 33.7 Å². The lowest BCUT2D eigenvalue weighted by atomic mass is 10.1. The van der Waals surface area contributed by atoms with Crippen LogP contribution in [-0.2, 0) is 6.61 Å². The third kappa shape index (κ3) is 4.51. The van der Waals surface area contributed by atoms with E-state index in [1.807, 2.05) is 36.4 Å². The largest absolute Gasteiger partial charge is 0.493 e. The van der Waals surface area contributed by atoms with Crippen LogP contribution >= 0.6 is 39.7 Å². The minimum Gasteiger partial charge on any atom is -0.493 e. The van der Waals surface area contributed by atoms with E-state index < -0.39 is 0 Å². The molecule has 1 heterocycles. The summed E-state index contributed by atoms with van der Waals surface area (Å²) in [6.45, 7) is 2.40. The van der Waals surface area contributed by atoms with Crippen molar-refractivity contribution in [3.8, 4) is 11.5 Å². The SMILES string of the molecule is COc1cc(C(=S)N2CCCCC2)cc(Br)c1OCc1ccccc1Cl. The van der Waals surface area contributed by atoms with Gasteiger partial charge in [-0.15, -0.1) is 0 Å². The van der Waals surface area contributed by atoms with Crippen molar-refractivity contribution in [3.05, 3.63) is 57.0 Å². The summed E-state index contributed by atoms with van der Waals surface area (Å²) in [5.41, 5.74) is 1.90. The van der Waals surface area contributed by atoms with Crippen molar-refractivity contribution in [2.75, 3.05) is 20.2 Å². The van der Waals surface area contributed by atoms with Gasteiger partial charge in [0, 0.05) is 29.2 Å². The van der Waals surface area contributed by atoms with Crippen molar-refractivity contribution in [2.45, 2.75) is 25.9 Å². The van der Waals surface area contributed by atoms with Gasteiger partial charge in [-0.3, -0.25) is 0 Å². The van der Waals surface area contributed by atoms with Gasteiger partial charge in [0.2, 0.25) is 0 Å². The number of methoxy groups -OCH3 is 1. The van der Waals surface area contributed by atoms with Crippen molar-refractivity contribution < 1.29 is 9.47 Å². The predicted molar refractivity (Wildman–Crippen MR) is 114 cm³/mol. The number of thiocarbonyl (C=S) groups is 1. The molecule has 0 bridgehead atoms. The van der Waals surface area contributed by atoms with E-state index >= 15 is 0 Å². The minimum absolute atomic E-state index is 0.366. The molecule has 2 aromatic carbocycles. The topological polar surface area (TPSA) is 21.7 Å². The normalized spacial score (nSPS) is 14.2. The fourth-order valence-corrected chi connectivity index (χ4v) is 4.08. The molecule has 0 aliphatic carbocycles. The predicted octanol–water partition coefficient (Wildman–Crippen LogP) is 5.85. The molecule has 0 radical (unpaired) electrons. The van der Waals surface area contributed by atoms with E-state index in [1.54, 1.807) is 7.11 Å². The lowest BCUT2D eigenvalue weighted by Gasteiger charge is -2.29. The molecule has 1 saturated heterocycles. The number of ether oxygens (including phenoxy) is 2. The van der Waals surface area contributed by atoms with E-state index in [4.69, 9.17) is 33.3 Å². The van der Waals surface area contributed by atoms with Crippen molar-refractivity contribution in [1.29, 1.82) is 0 Å². The first-order valence-corrected chi connectivity index (χ1v) is 10.2. The zero-order valence-electron chi connectivity index (χ0n) is 14.6. The summed E-state index contributed by atoms with van der Waals surface area (Å²) in [4.78, 5) is 3.13. The van der Waals surface area contributed by atoms with Crippen molar-refractivity contribution in [3.63, 3.8) is 0 Å². The Morgan fingerprint density at radius 1 is 1.19 bits per heavy atom. The number of nitrogens with zero attached hydrogens (tertiary/aromatic N) is 1. The van der Waals surface area contributed by atoms with E-state index in [0.29, 0.717) is 23.1 Å². The molecule has 0 atom stereocenters. The van der Waals surface area contributed by atoms with E-state index in [2.05, 4.69) is 20.8 Å². The highest BCUT2D eigenvalue weighted by Gasteiger charge is 2.19. The third-order valence-electron chi connectivity index (χ3n) is 4.45. The van der Waals surface area contributed by atoms with Crippen LogP contribution in [0.3, 0.4) is 0 Å². The molecule has 6 heteroatoms. The first-order chi connectivity index (χ1) is 12.6. The molecule has 3 nitrogen and oxygen atoms in total. The number of rotatable bonds is 5. The Morgan fingerprint density at radius 3 is 2.62 bits per heavy atom. The Morgan fingerprint density at radius 2 is 1.92 bits per heavy atom. The number of benzene rings is 2. The van der Waals surface area contributed by atoms with Gasteiger partial charge in [0.05, 0.1) is 11.6 Å². The van der Waals surface area contributed by atoms with Gasteiger partial charge in [0.25, 0.3) is 0 Å².